The van der Waals surface area contributed by atoms with Crippen molar-refractivity contribution in [2.75, 3.05) is 5.75 Å². The standard InChI is InChI=1S/C15H15N5O4S/c1-9-5-10(2)18-15(17-9)25-8-14(22)19-16-7-11-3-4-13(21)12(6-11)20(23)24/h3-7,21H,8H2,1-2H3,(H,19,22). The maximum absolute atomic E-state index is 11.8. The minimum Gasteiger partial charge on any atom is -0.502 e. The van der Waals surface area contributed by atoms with Crippen LogP contribution in [0.15, 0.2) is 34.5 Å². The second-order valence-corrected chi connectivity index (χ2v) is 5.96. The van der Waals surface area contributed by atoms with Crippen molar-refractivity contribution in [3.05, 3.63) is 51.3 Å². The Morgan fingerprint density at radius 1 is 1.36 bits per heavy atom. The lowest BCUT2D eigenvalue weighted by molar-refractivity contribution is -0.385. The maximum Gasteiger partial charge on any atom is 0.311 e. The van der Waals surface area contributed by atoms with Crippen LogP contribution < -0.4 is 5.43 Å². The summed E-state index contributed by atoms with van der Waals surface area (Å²) in [7, 11) is 0. The molecule has 0 spiro atoms. The molecule has 0 saturated carbocycles. The topological polar surface area (TPSA) is 131 Å². The number of carbonyl (C=O) groups excluding carboxylic acids is 1. The number of carbonyl (C=O) groups is 1. The van der Waals surface area contributed by atoms with Gasteiger partial charge in [-0.2, -0.15) is 5.10 Å². The van der Waals surface area contributed by atoms with Crippen molar-refractivity contribution >= 4 is 29.6 Å². The molecule has 0 aliphatic carbocycles. The van der Waals surface area contributed by atoms with Gasteiger partial charge in [0, 0.05) is 23.0 Å². The fourth-order valence-electron chi connectivity index (χ4n) is 1.87. The summed E-state index contributed by atoms with van der Waals surface area (Å²) in [5.74, 6) is -0.719. The van der Waals surface area contributed by atoms with Crippen molar-refractivity contribution in [3.63, 3.8) is 0 Å². The number of aromatic nitrogens is 2. The van der Waals surface area contributed by atoms with Crippen molar-refractivity contribution < 1.29 is 14.8 Å². The average molecular weight is 361 g/mol. The number of benzene rings is 1. The highest BCUT2D eigenvalue weighted by Crippen LogP contribution is 2.25. The van der Waals surface area contributed by atoms with Gasteiger partial charge >= 0.3 is 5.69 Å². The van der Waals surface area contributed by atoms with Gasteiger partial charge in [0.1, 0.15) is 0 Å². The number of phenols is 1. The van der Waals surface area contributed by atoms with Gasteiger partial charge in [0.2, 0.25) is 0 Å². The van der Waals surface area contributed by atoms with E-state index < -0.39 is 16.4 Å². The minimum absolute atomic E-state index is 0.0793. The number of thioether (sulfide) groups is 1. The van der Waals surface area contributed by atoms with Gasteiger partial charge in [-0.1, -0.05) is 11.8 Å². The fraction of sp³-hybridized carbons (Fsp3) is 0.200. The quantitative estimate of drug-likeness (QED) is 0.264. The molecule has 0 bridgehead atoms. The second kappa shape index (κ2) is 8.20. The van der Waals surface area contributed by atoms with Crippen LogP contribution in [0.25, 0.3) is 0 Å². The lowest BCUT2D eigenvalue weighted by Gasteiger charge is -2.02. The maximum atomic E-state index is 11.8. The number of phenolic OH excluding ortho intramolecular Hbond substituents is 1. The lowest BCUT2D eigenvalue weighted by Crippen LogP contribution is -2.19. The molecule has 0 atom stereocenters. The molecule has 0 aliphatic heterocycles. The molecule has 9 nitrogen and oxygen atoms in total. The van der Waals surface area contributed by atoms with Gasteiger partial charge in [-0.05, 0) is 32.0 Å². The van der Waals surface area contributed by atoms with E-state index in [-0.39, 0.29) is 11.7 Å². The van der Waals surface area contributed by atoms with Crippen LogP contribution in [0, 0.1) is 24.0 Å². The van der Waals surface area contributed by atoms with Crippen LogP contribution in [0.2, 0.25) is 0 Å². The molecular weight excluding hydrogens is 346 g/mol. The Bertz CT molecular complexity index is 820. The molecule has 130 valence electrons. The first-order chi connectivity index (χ1) is 11.8. The van der Waals surface area contributed by atoms with Crippen molar-refractivity contribution in [2.24, 2.45) is 5.10 Å². The molecule has 1 aromatic carbocycles. The number of hydrazone groups is 1. The average Bonchev–Trinajstić information content (AvgIpc) is 2.53. The number of nitrogens with zero attached hydrogens (tertiary/aromatic N) is 4. The normalized spacial score (nSPS) is 10.8. The molecule has 25 heavy (non-hydrogen) atoms. The van der Waals surface area contributed by atoms with Crippen LogP contribution >= 0.6 is 11.8 Å². The number of nitro benzene ring substituents is 1. The first kappa shape index (κ1) is 18.3. The molecule has 1 aromatic heterocycles. The number of nitro groups is 1. The molecule has 0 radical (unpaired) electrons. The summed E-state index contributed by atoms with van der Waals surface area (Å²) in [5.41, 5.74) is 3.90. The third-order valence-electron chi connectivity index (χ3n) is 2.89. The van der Waals surface area contributed by atoms with E-state index in [4.69, 9.17) is 0 Å². The van der Waals surface area contributed by atoms with Crippen LogP contribution in [0.5, 0.6) is 5.75 Å². The highest BCUT2D eigenvalue weighted by Gasteiger charge is 2.12. The zero-order valence-electron chi connectivity index (χ0n) is 13.5. The van der Waals surface area contributed by atoms with E-state index in [2.05, 4.69) is 20.5 Å². The summed E-state index contributed by atoms with van der Waals surface area (Å²) < 4.78 is 0. The highest BCUT2D eigenvalue weighted by atomic mass is 32.2. The van der Waals surface area contributed by atoms with Gasteiger partial charge in [-0.15, -0.1) is 0 Å². The smallest absolute Gasteiger partial charge is 0.311 e. The van der Waals surface area contributed by atoms with Crippen LogP contribution in [-0.4, -0.2) is 37.9 Å². The van der Waals surface area contributed by atoms with E-state index in [1.807, 2.05) is 19.9 Å². The van der Waals surface area contributed by atoms with Crippen LogP contribution in [-0.2, 0) is 4.79 Å². The summed E-state index contributed by atoms with van der Waals surface area (Å²) in [5, 5.41) is 24.3. The molecule has 0 saturated heterocycles. The summed E-state index contributed by atoms with van der Waals surface area (Å²) >= 11 is 1.18. The molecule has 1 amide bonds. The Hall–Kier alpha value is -3.01. The van der Waals surface area contributed by atoms with Crippen molar-refractivity contribution in [3.8, 4) is 5.75 Å². The summed E-state index contributed by atoms with van der Waals surface area (Å²) in [4.78, 5) is 30.2. The number of rotatable bonds is 6. The van der Waals surface area contributed by atoms with Gasteiger partial charge in [0.15, 0.2) is 10.9 Å². The number of aromatic hydroxyl groups is 1. The number of nitrogens with one attached hydrogen (secondary N) is 1. The number of aryl methyl sites for hydroxylation is 2. The second-order valence-electron chi connectivity index (χ2n) is 5.02. The number of hydrogen-bond donors (Lipinski definition) is 2. The molecule has 0 aliphatic rings. The molecule has 0 unspecified atom stereocenters. The Morgan fingerprint density at radius 3 is 2.68 bits per heavy atom. The van der Waals surface area contributed by atoms with Gasteiger partial charge in [-0.3, -0.25) is 14.9 Å². The van der Waals surface area contributed by atoms with E-state index in [0.717, 1.165) is 17.5 Å². The van der Waals surface area contributed by atoms with Gasteiger partial charge in [-0.25, -0.2) is 15.4 Å². The van der Waals surface area contributed by atoms with Gasteiger partial charge < -0.3 is 5.11 Å². The van der Waals surface area contributed by atoms with Gasteiger partial charge in [0.25, 0.3) is 5.91 Å². The van der Waals surface area contributed by atoms with E-state index in [1.54, 1.807) is 0 Å². The third kappa shape index (κ3) is 5.53. The first-order valence-electron chi connectivity index (χ1n) is 7.09. The largest absolute Gasteiger partial charge is 0.502 e. The Kier molecular flexibility index (Phi) is 6.01. The molecule has 2 aromatic rings. The monoisotopic (exact) mass is 361 g/mol. The number of amides is 1. The minimum atomic E-state index is -0.703. The van der Waals surface area contributed by atoms with Crippen molar-refractivity contribution in [1.29, 1.82) is 0 Å². The summed E-state index contributed by atoms with van der Waals surface area (Å²) in [6, 6.07) is 5.62. The summed E-state index contributed by atoms with van der Waals surface area (Å²) in [6.07, 6.45) is 1.25. The van der Waals surface area contributed by atoms with Crippen molar-refractivity contribution in [2.45, 2.75) is 19.0 Å². The zero-order valence-corrected chi connectivity index (χ0v) is 14.3. The first-order valence-corrected chi connectivity index (χ1v) is 8.08. The molecule has 10 heteroatoms. The lowest BCUT2D eigenvalue weighted by atomic mass is 10.2. The third-order valence-corrected chi connectivity index (χ3v) is 3.74. The van der Waals surface area contributed by atoms with E-state index in [9.17, 15) is 20.0 Å². The molecular formula is C15H15N5O4S. The van der Waals surface area contributed by atoms with E-state index >= 15 is 0 Å². The molecule has 0 fully saturated rings. The molecule has 2 rings (SSSR count). The molecule has 2 N–H and O–H groups in total. The van der Waals surface area contributed by atoms with E-state index in [0.29, 0.717) is 10.7 Å². The Balaban J connectivity index is 1.90. The Labute approximate surface area is 147 Å². The van der Waals surface area contributed by atoms with E-state index in [1.165, 1.54) is 30.1 Å². The highest BCUT2D eigenvalue weighted by molar-refractivity contribution is 7.99. The SMILES string of the molecule is Cc1cc(C)nc(SCC(=O)NN=Cc2ccc(O)c([N+](=O)[O-])c2)n1. The zero-order chi connectivity index (χ0) is 18.4. The predicted octanol–water partition coefficient (Wildman–Crippen LogP) is 1.95. The summed E-state index contributed by atoms with van der Waals surface area (Å²) in [6.45, 7) is 3.69. The number of hydrogen-bond acceptors (Lipinski definition) is 8. The van der Waals surface area contributed by atoms with Crippen LogP contribution in [0.3, 0.4) is 0 Å². The predicted molar refractivity (Wildman–Crippen MR) is 92.7 cm³/mol. The van der Waals surface area contributed by atoms with Crippen LogP contribution in [0.4, 0.5) is 5.69 Å². The van der Waals surface area contributed by atoms with Crippen molar-refractivity contribution in [1.82, 2.24) is 15.4 Å². The Morgan fingerprint density at radius 2 is 2.04 bits per heavy atom. The van der Waals surface area contributed by atoms with Gasteiger partial charge in [0.05, 0.1) is 16.9 Å². The van der Waals surface area contributed by atoms with Crippen LogP contribution in [0.1, 0.15) is 17.0 Å². The molecule has 1 heterocycles. The fourth-order valence-corrected chi connectivity index (χ4v) is 2.61.